The molecule has 0 spiro atoms. The number of nitro groups is 1. The van der Waals surface area contributed by atoms with E-state index in [0.29, 0.717) is 17.0 Å². The highest BCUT2D eigenvalue weighted by Gasteiger charge is 2.27. The van der Waals surface area contributed by atoms with Gasteiger partial charge in [-0.15, -0.1) is 0 Å². The van der Waals surface area contributed by atoms with Crippen molar-refractivity contribution >= 4 is 34.1 Å². The molecule has 1 unspecified atom stereocenters. The summed E-state index contributed by atoms with van der Waals surface area (Å²) in [4.78, 5) is 27.5. The predicted octanol–water partition coefficient (Wildman–Crippen LogP) is 4.51. The van der Waals surface area contributed by atoms with Gasteiger partial charge in [0.25, 0.3) is 5.69 Å². The molecule has 0 saturated heterocycles. The molecule has 28 heavy (non-hydrogen) atoms. The number of benzene rings is 2. The quantitative estimate of drug-likeness (QED) is 0.468. The molecule has 3 aromatic rings. The van der Waals surface area contributed by atoms with Gasteiger partial charge in [0.05, 0.1) is 16.4 Å². The van der Waals surface area contributed by atoms with Crippen LogP contribution in [0.4, 0.5) is 5.69 Å². The van der Waals surface area contributed by atoms with E-state index in [1.54, 1.807) is 30.3 Å². The second kappa shape index (κ2) is 8.22. The normalized spacial score (nSPS) is 11.9. The van der Waals surface area contributed by atoms with Gasteiger partial charge in [-0.2, -0.15) is 0 Å². The zero-order valence-electron chi connectivity index (χ0n) is 15.1. The summed E-state index contributed by atoms with van der Waals surface area (Å²) in [6.45, 7) is 1.87. The number of nitrogens with zero attached hydrogens (tertiary/aromatic N) is 2. The molecule has 0 aliphatic heterocycles. The average Bonchev–Trinajstić information content (AvgIpc) is 2.67. The van der Waals surface area contributed by atoms with Crippen LogP contribution in [0.3, 0.4) is 0 Å². The fourth-order valence-corrected chi connectivity index (χ4v) is 3.34. The minimum atomic E-state index is -0.863. The van der Waals surface area contributed by atoms with Crippen LogP contribution in [0, 0.1) is 10.1 Å². The third-order valence-corrected chi connectivity index (χ3v) is 4.72. The third-order valence-electron chi connectivity index (χ3n) is 4.38. The Kier molecular flexibility index (Phi) is 5.75. The summed E-state index contributed by atoms with van der Waals surface area (Å²) in [5, 5.41) is 25.9. The van der Waals surface area contributed by atoms with E-state index in [1.165, 1.54) is 18.3 Å². The number of nitrogens with one attached hydrogen (secondary N) is 1. The zero-order chi connectivity index (χ0) is 20.3. The fourth-order valence-electron chi connectivity index (χ4n) is 3.09. The summed E-state index contributed by atoms with van der Waals surface area (Å²) in [5.41, 5.74) is 0.565. The number of carbonyl (C=O) groups excluding carboxylic acids is 1. The van der Waals surface area contributed by atoms with Gasteiger partial charge in [-0.05, 0) is 30.2 Å². The Bertz CT molecular complexity index is 1050. The first-order valence-electron chi connectivity index (χ1n) is 8.72. The van der Waals surface area contributed by atoms with Gasteiger partial charge in [-0.25, -0.2) is 0 Å². The van der Waals surface area contributed by atoms with Gasteiger partial charge < -0.3 is 10.4 Å². The van der Waals surface area contributed by atoms with Gasteiger partial charge >= 0.3 is 0 Å². The number of halogens is 1. The van der Waals surface area contributed by atoms with Crippen LogP contribution in [-0.4, -0.2) is 20.9 Å². The fraction of sp³-hybridized carbons (Fsp3) is 0.200. The number of aromatic hydroxyl groups is 1. The van der Waals surface area contributed by atoms with E-state index in [2.05, 4.69) is 10.3 Å². The summed E-state index contributed by atoms with van der Waals surface area (Å²) >= 11 is 6.32. The molecule has 3 rings (SSSR count). The largest absolute Gasteiger partial charge is 0.505 e. The Morgan fingerprint density at radius 1 is 1.29 bits per heavy atom. The predicted molar refractivity (Wildman–Crippen MR) is 106 cm³/mol. The lowest BCUT2D eigenvalue weighted by Gasteiger charge is -2.22. The number of hydrogen-bond acceptors (Lipinski definition) is 5. The number of hydrogen-bond donors (Lipinski definition) is 2. The lowest BCUT2D eigenvalue weighted by atomic mass is 9.95. The van der Waals surface area contributed by atoms with E-state index in [4.69, 9.17) is 11.6 Å². The minimum absolute atomic E-state index is 0.0912. The highest BCUT2D eigenvalue weighted by Crippen LogP contribution is 2.40. The first-order chi connectivity index (χ1) is 13.4. The van der Waals surface area contributed by atoms with Crippen molar-refractivity contribution in [3.8, 4) is 5.75 Å². The maximum atomic E-state index is 12.3. The van der Waals surface area contributed by atoms with Gasteiger partial charge in [-0.3, -0.25) is 19.9 Å². The summed E-state index contributed by atoms with van der Waals surface area (Å²) in [5.74, 6) is -0.487. The summed E-state index contributed by atoms with van der Waals surface area (Å²) < 4.78 is 0. The van der Waals surface area contributed by atoms with Crippen LogP contribution in [0.15, 0.2) is 48.7 Å². The van der Waals surface area contributed by atoms with Crippen LogP contribution in [0.1, 0.15) is 36.9 Å². The smallest absolute Gasteiger partial charge is 0.279 e. The van der Waals surface area contributed by atoms with E-state index >= 15 is 0 Å². The number of phenolic OH excluding ortho intramolecular Hbond substituents is 1. The van der Waals surface area contributed by atoms with Crippen molar-refractivity contribution in [2.45, 2.75) is 25.8 Å². The highest BCUT2D eigenvalue weighted by molar-refractivity contribution is 6.31. The number of carbonyl (C=O) groups is 1. The third kappa shape index (κ3) is 3.75. The van der Waals surface area contributed by atoms with Gasteiger partial charge in [-0.1, -0.05) is 36.7 Å². The molecule has 0 aliphatic carbocycles. The van der Waals surface area contributed by atoms with Gasteiger partial charge in [0.1, 0.15) is 11.3 Å². The first kappa shape index (κ1) is 19.6. The summed E-state index contributed by atoms with van der Waals surface area (Å²) in [7, 11) is 0. The van der Waals surface area contributed by atoms with Crippen molar-refractivity contribution in [3.63, 3.8) is 0 Å². The Morgan fingerprint density at radius 2 is 2.04 bits per heavy atom. The molecule has 2 N–H and O–H groups in total. The van der Waals surface area contributed by atoms with Crippen LogP contribution in [-0.2, 0) is 4.79 Å². The summed E-state index contributed by atoms with van der Waals surface area (Å²) in [6, 6.07) is 10.3. The number of phenols is 1. The van der Waals surface area contributed by atoms with E-state index in [9.17, 15) is 20.0 Å². The topological polar surface area (TPSA) is 105 Å². The first-order valence-corrected chi connectivity index (χ1v) is 9.10. The molecule has 8 heteroatoms. The molecule has 2 aromatic carbocycles. The summed E-state index contributed by atoms with van der Waals surface area (Å²) in [6.07, 6.45) is 2.35. The Labute approximate surface area is 166 Å². The van der Waals surface area contributed by atoms with Crippen LogP contribution in [0.5, 0.6) is 5.75 Å². The van der Waals surface area contributed by atoms with Crippen molar-refractivity contribution in [2.75, 3.05) is 0 Å². The molecule has 0 bridgehead atoms. The number of non-ortho nitro benzene ring substituents is 1. The molecule has 0 saturated carbocycles. The monoisotopic (exact) mass is 399 g/mol. The number of nitro benzene ring substituents is 1. The molecule has 1 aromatic heterocycles. The van der Waals surface area contributed by atoms with E-state index in [-0.39, 0.29) is 40.2 Å². The minimum Gasteiger partial charge on any atom is -0.505 e. The number of pyridine rings is 1. The molecule has 0 aliphatic rings. The van der Waals surface area contributed by atoms with Crippen molar-refractivity contribution in [3.05, 3.63) is 74.9 Å². The number of amides is 1. The Morgan fingerprint density at radius 3 is 2.71 bits per heavy atom. The molecular weight excluding hydrogens is 382 g/mol. The van der Waals surface area contributed by atoms with Crippen molar-refractivity contribution in [1.82, 2.24) is 10.3 Å². The second-order valence-electron chi connectivity index (χ2n) is 6.26. The van der Waals surface area contributed by atoms with Crippen LogP contribution >= 0.6 is 11.6 Å². The molecule has 0 radical (unpaired) electrons. The average molecular weight is 400 g/mol. The Balaban J connectivity index is 2.26. The van der Waals surface area contributed by atoms with Crippen molar-refractivity contribution in [1.29, 1.82) is 0 Å². The molecule has 144 valence electrons. The van der Waals surface area contributed by atoms with Crippen molar-refractivity contribution in [2.24, 2.45) is 0 Å². The zero-order valence-corrected chi connectivity index (χ0v) is 15.8. The number of rotatable bonds is 6. The SMILES string of the molecule is CCCC(=O)NC(c1ccccc1Cl)c1cc([N+](=O)[O-])c2cccnc2c1O. The molecule has 1 heterocycles. The maximum Gasteiger partial charge on any atom is 0.279 e. The lowest BCUT2D eigenvalue weighted by molar-refractivity contribution is -0.383. The molecular formula is C20H18ClN3O4. The van der Waals surface area contributed by atoms with E-state index < -0.39 is 11.0 Å². The van der Waals surface area contributed by atoms with E-state index in [0.717, 1.165) is 0 Å². The second-order valence-corrected chi connectivity index (χ2v) is 6.67. The molecule has 7 nitrogen and oxygen atoms in total. The van der Waals surface area contributed by atoms with Crippen LogP contribution in [0.25, 0.3) is 10.9 Å². The number of fused-ring (bicyclic) bond motifs is 1. The number of aromatic nitrogens is 1. The van der Waals surface area contributed by atoms with Gasteiger partial charge in [0.2, 0.25) is 5.91 Å². The maximum absolute atomic E-state index is 12.3. The van der Waals surface area contributed by atoms with Crippen LogP contribution in [0.2, 0.25) is 5.02 Å². The Hall–Kier alpha value is -3.19. The molecule has 0 fully saturated rings. The standard InChI is InChI=1S/C20H18ClN3O4/c1-2-6-17(25)23-18(12-7-3-4-9-15(12)21)14-11-16(24(27)28)13-8-5-10-22-19(13)20(14)26/h3-5,7-11,18,26H,2,6H2,1H3,(H,23,25). The molecule has 1 atom stereocenters. The lowest BCUT2D eigenvalue weighted by Crippen LogP contribution is -2.29. The van der Waals surface area contributed by atoms with Gasteiger partial charge in [0.15, 0.2) is 0 Å². The highest BCUT2D eigenvalue weighted by atomic mass is 35.5. The molecule has 1 amide bonds. The van der Waals surface area contributed by atoms with E-state index in [1.807, 2.05) is 6.92 Å². The van der Waals surface area contributed by atoms with Gasteiger partial charge in [0, 0.05) is 29.3 Å². The van der Waals surface area contributed by atoms with Crippen LogP contribution < -0.4 is 5.32 Å². The van der Waals surface area contributed by atoms with Crippen molar-refractivity contribution < 1.29 is 14.8 Å².